The summed E-state index contributed by atoms with van der Waals surface area (Å²) in [5, 5.41) is 14.4. The Morgan fingerprint density at radius 2 is 1.01 bits per heavy atom. The zero-order valence-corrected chi connectivity index (χ0v) is 59.2. The van der Waals surface area contributed by atoms with Gasteiger partial charge in [0, 0.05) is 76.5 Å². The van der Waals surface area contributed by atoms with Gasteiger partial charge in [0.1, 0.15) is 12.1 Å². The molecule has 1 aliphatic rings. The van der Waals surface area contributed by atoms with Gasteiger partial charge in [-0.25, -0.2) is 0 Å². The molecular weight excluding hydrogens is 1250 g/mol. The van der Waals surface area contributed by atoms with Crippen molar-refractivity contribution in [2.45, 2.75) is 257 Å². The van der Waals surface area contributed by atoms with E-state index >= 15 is 0 Å². The number of ketones is 3. The normalized spacial score (nSPS) is 14.7. The lowest BCUT2D eigenvalue weighted by Crippen LogP contribution is -2.56. The quantitative estimate of drug-likeness (QED) is 0.0211. The van der Waals surface area contributed by atoms with Crippen LogP contribution in [0.25, 0.3) is 0 Å². The number of carbonyl (C=O) groups is 11. The molecule has 1 heterocycles. The Morgan fingerprint density at radius 3 is 1.51 bits per heavy atom. The van der Waals surface area contributed by atoms with Crippen molar-refractivity contribution in [2.75, 3.05) is 26.2 Å². The Hall–Kier alpha value is -8.25. The molecule has 0 bridgehead atoms. The molecule has 0 saturated carbocycles. The molecule has 25 heteroatoms. The van der Waals surface area contributed by atoms with Gasteiger partial charge in [0.2, 0.25) is 47.3 Å². The Bertz CT molecular complexity index is 2880. The Balaban J connectivity index is 1.78. The molecule has 546 valence electrons. The van der Waals surface area contributed by atoms with Crippen molar-refractivity contribution in [3.63, 3.8) is 0 Å². The fourth-order valence-corrected chi connectivity index (χ4v) is 12.3. The summed E-state index contributed by atoms with van der Waals surface area (Å²) in [6, 6.07) is 13.3. The highest BCUT2D eigenvalue weighted by atomic mass is 16.2. The number of Topliss-reactive ketones (excluding diaryl/α,β-unsaturated/α-hetero) is 3. The number of carbonyl (C=O) groups excluding carboxylic acids is 11. The number of amides is 8. The Morgan fingerprint density at radius 1 is 0.541 bits per heavy atom. The van der Waals surface area contributed by atoms with Crippen molar-refractivity contribution in [1.82, 2.24) is 31.5 Å². The van der Waals surface area contributed by atoms with Crippen molar-refractivity contribution < 1.29 is 52.7 Å². The predicted octanol–water partition coefficient (Wildman–Crippen LogP) is 5.82. The number of rotatable bonds is 53. The number of nitrogens with zero attached hydrogens (tertiary/aromatic N) is 3. The van der Waals surface area contributed by atoms with Gasteiger partial charge in [-0.1, -0.05) is 165 Å². The largest absolute Gasteiger partial charge is 0.370 e. The Kier molecular flexibility index (Phi) is 40.2. The molecule has 0 spiro atoms. The summed E-state index contributed by atoms with van der Waals surface area (Å²) in [5.41, 5.74) is 33.2. The van der Waals surface area contributed by atoms with Crippen LogP contribution in [-0.2, 0) is 65.6 Å². The molecule has 98 heavy (non-hydrogen) atoms. The lowest BCUT2D eigenvalue weighted by molar-refractivity contribution is -0.143. The van der Waals surface area contributed by atoms with E-state index < -0.39 is 119 Å². The molecule has 25 nitrogen and oxygen atoms in total. The van der Waals surface area contributed by atoms with E-state index in [9.17, 15) is 52.7 Å². The number of hydrogen-bond acceptors (Lipinski definition) is 13. The average Bonchev–Trinajstić information content (AvgIpc) is 1.37. The van der Waals surface area contributed by atoms with Gasteiger partial charge in [-0.15, -0.1) is 0 Å². The zero-order chi connectivity index (χ0) is 72.4. The summed E-state index contributed by atoms with van der Waals surface area (Å²) in [7, 11) is 0. The Labute approximate surface area is 581 Å². The smallest absolute Gasteiger partial charge is 0.245 e. The summed E-state index contributed by atoms with van der Waals surface area (Å²) in [4.78, 5) is 161. The van der Waals surface area contributed by atoms with Crippen LogP contribution in [0.4, 0.5) is 0 Å². The van der Waals surface area contributed by atoms with Gasteiger partial charge in [0.25, 0.3) is 0 Å². The van der Waals surface area contributed by atoms with Crippen LogP contribution >= 0.6 is 0 Å². The number of aliphatic imine (C=N–C) groups is 2. The van der Waals surface area contributed by atoms with Crippen molar-refractivity contribution in [2.24, 2.45) is 68.1 Å². The lowest BCUT2D eigenvalue weighted by atomic mass is 9.85. The number of unbranched alkanes of at least 4 members (excludes halogenated alkanes) is 13. The van der Waals surface area contributed by atoms with E-state index in [1.54, 1.807) is 44.2 Å². The summed E-state index contributed by atoms with van der Waals surface area (Å²) in [5.74, 6) is -10.3. The molecule has 0 aliphatic carbocycles. The number of hydrogen-bond donors (Lipinski definition) is 11. The predicted molar refractivity (Wildman–Crippen MR) is 382 cm³/mol. The summed E-state index contributed by atoms with van der Waals surface area (Å²) in [6.45, 7) is 9.99. The SMILES string of the molecule is CCCCCCCCCCCCCCCCNC(=O)CCCC(=O)NC(C)(C)C(=O)C[C@@H](Cc1ccccc1)C(=O)N[C@@H](CC(C)C)C(=O)C[C@@H](Cc1ccccc1)C(=O)N[C@@H](CCCN=C(N)N)C(=O)N1CCC[C@H]1C(=O)N[C@@H](CCCN=C(N)N)C(=O)C[C@@H](CC(N)=O)C(N)=O. The fourth-order valence-electron chi connectivity index (χ4n) is 12.3. The molecule has 17 N–H and O–H groups in total. The standard InChI is InChI=1S/C73H118N14O11/c1-6-7-8-9-10-11-12-13-14-15-16-17-18-25-39-80-64(92)37-26-38-65(93)86-73(4,5)62(90)48-55(45-52-32-23-20-24-33-52)68(96)85-58(43-50(2)3)61(89)47-54(44-51-30-21-19-22-31-51)67(95)84-57(35-28-41-82-72(78)79)70(98)87-42-29-36-59(87)69(97)83-56(34-27-40-81-71(76)77)60(88)46-53(66(75)94)49-63(74)91/h19-24,30-33,50,53-59H,6-18,25-29,34-49H2,1-5H3,(H2,74,91)(H2,75,94)(H,80,92)(H,83,97)(H,84,95)(H,85,96)(H,86,93)(H4,76,77,81)(H4,78,79,82)/t53-,54+,55+,56-,57-,58-,59-/m0/s1. The number of benzene rings is 2. The van der Waals surface area contributed by atoms with E-state index in [1.807, 2.05) is 44.2 Å². The molecule has 1 aliphatic heterocycles. The minimum Gasteiger partial charge on any atom is -0.370 e. The van der Waals surface area contributed by atoms with E-state index in [0.717, 1.165) is 24.8 Å². The van der Waals surface area contributed by atoms with Crippen LogP contribution in [0.1, 0.15) is 226 Å². The minimum absolute atomic E-state index is 0.00837. The highest BCUT2D eigenvalue weighted by Gasteiger charge is 2.41. The van der Waals surface area contributed by atoms with E-state index in [0.29, 0.717) is 18.5 Å². The van der Waals surface area contributed by atoms with Crippen LogP contribution in [0.2, 0.25) is 0 Å². The third-order valence-electron chi connectivity index (χ3n) is 17.8. The second-order valence-corrected chi connectivity index (χ2v) is 27.4. The molecule has 1 saturated heterocycles. The molecule has 7 atom stereocenters. The van der Waals surface area contributed by atoms with E-state index in [2.05, 4.69) is 43.5 Å². The van der Waals surface area contributed by atoms with E-state index in [4.69, 9.17) is 34.4 Å². The molecule has 1 fully saturated rings. The number of nitrogens with two attached hydrogens (primary N) is 6. The molecule has 8 amide bonds. The molecule has 3 rings (SSSR count). The van der Waals surface area contributed by atoms with Crippen LogP contribution in [0.5, 0.6) is 0 Å². The second-order valence-electron chi connectivity index (χ2n) is 27.4. The zero-order valence-electron chi connectivity index (χ0n) is 59.2. The van der Waals surface area contributed by atoms with Crippen LogP contribution < -0.4 is 61.0 Å². The van der Waals surface area contributed by atoms with Crippen LogP contribution in [0.3, 0.4) is 0 Å². The number of guanidine groups is 2. The minimum atomic E-state index is -1.41. The number of likely N-dealkylation sites (tertiary alicyclic amines) is 1. The first-order chi connectivity index (χ1) is 46.7. The van der Waals surface area contributed by atoms with Crippen molar-refractivity contribution >= 4 is 76.5 Å². The number of primary amides is 2. The summed E-state index contributed by atoms with van der Waals surface area (Å²) in [6.07, 6.45) is 17.5. The van der Waals surface area contributed by atoms with Gasteiger partial charge in [-0.2, -0.15) is 0 Å². The second kappa shape index (κ2) is 46.9. The highest BCUT2D eigenvalue weighted by molar-refractivity contribution is 5.99. The summed E-state index contributed by atoms with van der Waals surface area (Å²) < 4.78 is 0. The van der Waals surface area contributed by atoms with Gasteiger partial charge in [0.15, 0.2) is 29.3 Å². The third-order valence-corrected chi connectivity index (χ3v) is 17.8. The van der Waals surface area contributed by atoms with Gasteiger partial charge >= 0.3 is 0 Å². The maximum Gasteiger partial charge on any atom is 0.245 e. The van der Waals surface area contributed by atoms with E-state index in [-0.39, 0.29) is 127 Å². The topological polar surface area (TPSA) is 432 Å². The van der Waals surface area contributed by atoms with Crippen molar-refractivity contribution in [3.8, 4) is 0 Å². The lowest BCUT2D eigenvalue weighted by Gasteiger charge is -2.31. The highest BCUT2D eigenvalue weighted by Crippen LogP contribution is 2.25. The van der Waals surface area contributed by atoms with Crippen LogP contribution in [0, 0.1) is 23.7 Å². The molecular formula is C73H118N14O11. The van der Waals surface area contributed by atoms with E-state index in [1.165, 1.54) is 75.5 Å². The molecule has 0 unspecified atom stereocenters. The first-order valence-corrected chi connectivity index (χ1v) is 35.8. The van der Waals surface area contributed by atoms with Crippen LogP contribution in [0.15, 0.2) is 70.6 Å². The van der Waals surface area contributed by atoms with Gasteiger partial charge in [0.05, 0.1) is 23.5 Å². The third kappa shape index (κ3) is 34.8. The van der Waals surface area contributed by atoms with Gasteiger partial charge in [-0.05, 0) is 102 Å². The first-order valence-electron chi connectivity index (χ1n) is 35.8. The monoisotopic (exact) mass is 1370 g/mol. The van der Waals surface area contributed by atoms with Gasteiger partial charge < -0.3 is 65.9 Å². The fraction of sp³-hybridized carbons (Fsp3) is 0.658. The summed E-state index contributed by atoms with van der Waals surface area (Å²) >= 11 is 0. The first kappa shape index (κ1) is 84.0. The molecule has 2 aromatic carbocycles. The molecule has 0 radical (unpaired) electrons. The van der Waals surface area contributed by atoms with Crippen molar-refractivity contribution in [3.05, 3.63) is 71.8 Å². The maximum absolute atomic E-state index is 15.0. The van der Waals surface area contributed by atoms with Crippen molar-refractivity contribution in [1.29, 1.82) is 0 Å². The molecule has 2 aromatic rings. The average molecular weight is 1370 g/mol. The number of nitrogens with one attached hydrogen (secondary N) is 5. The maximum atomic E-state index is 15.0. The van der Waals surface area contributed by atoms with Gasteiger partial charge in [-0.3, -0.25) is 62.7 Å². The van der Waals surface area contributed by atoms with Crippen LogP contribution in [-0.4, -0.2) is 137 Å². The molecule has 0 aromatic heterocycles.